The summed E-state index contributed by atoms with van der Waals surface area (Å²) in [5, 5.41) is 30.8. The number of carboxylic acid groups (broad SMARTS) is 3. The van der Waals surface area contributed by atoms with E-state index in [0.717, 1.165) is 0 Å². The van der Waals surface area contributed by atoms with Gasteiger partial charge < -0.3 is 30.7 Å². The van der Waals surface area contributed by atoms with Gasteiger partial charge in [-0.2, -0.15) is 0 Å². The van der Waals surface area contributed by atoms with Crippen molar-refractivity contribution >= 4 is 30.2 Å². The molecule has 0 aromatic rings. The number of hydrogen-bond donors (Lipinski definition) is 5. The zero-order valence-corrected chi connectivity index (χ0v) is 12.7. The maximum atomic E-state index is 11.7. The Kier molecular flexibility index (Phi) is 8.30. The third-order valence-corrected chi connectivity index (χ3v) is 3.06. The minimum Gasteiger partial charge on any atom is -0.481 e. The number of carbonyl (C=O) groups excluding carboxylic acids is 2. The first kappa shape index (κ1) is 20.3. The number of nitrogens with one attached hydrogen (secondary N) is 2. The molecule has 0 spiro atoms. The van der Waals surface area contributed by atoms with E-state index >= 15 is 0 Å². The van der Waals surface area contributed by atoms with Crippen LogP contribution in [0.1, 0.15) is 26.7 Å². The van der Waals surface area contributed by atoms with Gasteiger partial charge in [-0.1, -0.05) is 13.8 Å². The second kappa shape index (κ2) is 9.38. The quantitative estimate of drug-likeness (QED) is 0.334. The second-order valence-corrected chi connectivity index (χ2v) is 5.22. The molecule has 130 valence electrons. The first-order chi connectivity index (χ1) is 10.6. The van der Waals surface area contributed by atoms with Gasteiger partial charge in [0.05, 0.1) is 5.92 Å². The van der Waals surface area contributed by atoms with Crippen LogP contribution in [0.15, 0.2) is 0 Å². The maximum absolute atomic E-state index is 11.7. The van der Waals surface area contributed by atoms with Crippen LogP contribution in [0.3, 0.4) is 0 Å². The summed E-state index contributed by atoms with van der Waals surface area (Å²) in [6.07, 6.45) is 0.0141. The molecule has 0 radical (unpaired) electrons. The highest BCUT2D eigenvalue weighted by Gasteiger charge is 2.28. The lowest BCUT2D eigenvalue weighted by Gasteiger charge is -2.20. The minimum absolute atomic E-state index is 0.157. The van der Waals surface area contributed by atoms with Crippen molar-refractivity contribution in [2.45, 2.75) is 38.8 Å². The van der Waals surface area contributed by atoms with Crippen LogP contribution in [0.4, 0.5) is 4.79 Å². The van der Waals surface area contributed by atoms with E-state index in [-0.39, 0.29) is 12.8 Å². The number of aliphatic carboxylic acids is 3. The molecular weight excluding hydrogens is 312 g/mol. The van der Waals surface area contributed by atoms with Crippen molar-refractivity contribution in [3.05, 3.63) is 0 Å². The second-order valence-electron chi connectivity index (χ2n) is 5.22. The van der Waals surface area contributed by atoms with E-state index in [4.69, 9.17) is 15.3 Å². The van der Waals surface area contributed by atoms with Gasteiger partial charge in [-0.3, -0.25) is 4.79 Å². The summed E-state index contributed by atoms with van der Waals surface area (Å²) in [6, 6.07) is -3.93. The largest absolute Gasteiger partial charge is 0.481 e. The van der Waals surface area contributed by atoms with Gasteiger partial charge in [0.2, 0.25) is 0 Å². The molecule has 0 aliphatic heterocycles. The zero-order valence-electron chi connectivity index (χ0n) is 12.7. The number of hydrogen-bond acceptors (Lipinski definition) is 5. The Morgan fingerprint density at radius 1 is 0.870 bits per heavy atom. The van der Waals surface area contributed by atoms with Gasteiger partial charge in [-0.05, 0) is 12.8 Å². The van der Waals surface area contributed by atoms with Crippen LogP contribution in [0.25, 0.3) is 0 Å². The zero-order chi connectivity index (χ0) is 18.2. The van der Waals surface area contributed by atoms with E-state index in [1.165, 1.54) is 13.8 Å². The first-order valence-electron chi connectivity index (χ1n) is 6.79. The first-order valence-corrected chi connectivity index (χ1v) is 6.79. The van der Waals surface area contributed by atoms with E-state index < -0.39 is 47.9 Å². The molecule has 10 nitrogen and oxygen atoms in total. The molecule has 23 heavy (non-hydrogen) atoms. The average molecular weight is 332 g/mol. The summed E-state index contributed by atoms with van der Waals surface area (Å²) < 4.78 is 0. The van der Waals surface area contributed by atoms with Gasteiger partial charge in [0.25, 0.3) is 0 Å². The van der Waals surface area contributed by atoms with E-state index in [1.54, 1.807) is 0 Å². The summed E-state index contributed by atoms with van der Waals surface area (Å²) >= 11 is 0. The molecule has 0 saturated heterocycles. The van der Waals surface area contributed by atoms with Crippen LogP contribution in [0, 0.1) is 11.8 Å². The normalized spacial score (nSPS) is 15.6. The lowest BCUT2D eigenvalue weighted by atomic mass is 10.0. The molecule has 4 atom stereocenters. The maximum Gasteiger partial charge on any atom is 0.326 e. The molecule has 0 rings (SSSR count). The van der Waals surface area contributed by atoms with Crippen LogP contribution in [-0.2, 0) is 19.2 Å². The van der Waals surface area contributed by atoms with Gasteiger partial charge in [0.15, 0.2) is 0 Å². The fourth-order valence-corrected chi connectivity index (χ4v) is 1.68. The van der Waals surface area contributed by atoms with E-state index in [2.05, 4.69) is 5.32 Å². The molecule has 5 N–H and O–H groups in total. The van der Waals surface area contributed by atoms with E-state index in [9.17, 15) is 24.0 Å². The molecular formula is C13H20N2O8. The molecule has 4 unspecified atom stereocenters. The van der Waals surface area contributed by atoms with Crippen molar-refractivity contribution in [2.24, 2.45) is 11.8 Å². The molecule has 0 aromatic carbocycles. The van der Waals surface area contributed by atoms with Crippen LogP contribution in [0.2, 0.25) is 0 Å². The van der Waals surface area contributed by atoms with Crippen molar-refractivity contribution in [1.29, 1.82) is 0 Å². The van der Waals surface area contributed by atoms with Crippen molar-refractivity contribution in [2.75, 3.05) is 0 Å². The lowest BCUT2D eigenvalue weighted by Crippen LogP contribution is -2.52. The SMILES string of the molecule is CC(C=O)CC(NC(=O)NC(CC(C)C(=O)O)C(=O)O)C(=O)O. The van der Waals surface area contributed by atoms with Crippen molar-refractivity contribution < 1.29 is 39.3 Å². The van der Waals surface area contributed by atoms with Crippen molar-refractivity contribution in [3.63, 3.8) is 0 Å². The molecule has 2 amide bonds. The minimum atomic E-state index is -1.49. The highest BCUT2D eigenvalue weighted by Crippen LogP contribution is 2.07. The van der Waals surface area contributed by atoms with E-state index in [1.807, 2.05) is 5.32 Å². The standard InChI is InChI=1S/C13H20N2O8/c1-6(5-16)3-8(11(19)20)14-13(23)15-9(12(21)22)4-7(2)10(17)18/h5-9H,3-4H2,1-2H3,(H,17,18)(H,19,20)(H,21,22)(H2,14,15,23). The van der Waals surface area contributed by atoms with Gasteiger partial charge in [0.1, 0.15) is 18.4 Å². The Bertz CT molecular complexity index is 479. The molecule has 0 aromatic heterocycles. The summed E-state index contributed by atoms with van der Waals surface area (Å²) in [4.78, 5) is 55.0. The predicted octanol–water partition coefficient (Wildman–Crippen LogP) is -0.472. The molecule has 0 heterocycles. The van der Waals surface area contributed by atoms with Gasteiger partial charge >= 0.3 is 23.9 Å². The molecule has 10 heteroatoms. The number of aldehydes is 1. The predicted molar refractivity (Wildman–Crippen MR) is 75.8 cm³/mol. The lowest BCUT2D eigenvalue weighted by molar-refractivity contribution is -0.143. The third-order valence-electron chi connectivity index (χ3n) is 3.06. The van der Waals surface area contributed by atoms with Crippen molar-refractivity contribution in [3.8, 4) is 0 Å². The summed E-state index contributed by atoms with van der Waals surface area (Å²) in [5.74, 6) is -5.66. The Hall–Kier alpha value is -2.65. The fourth-order valence-electron chi connectivity index (χ4n) is 1.68. The van der Waals surface area contributed by atoms with Gasteiger partial charge in [-0.15, -0.1) is 0 Å². The fraction of sp³-hybridized carbons (Fsp3) is 0.615. The summed E-state index contributed by atoms with van der Waals surface area (Å²) in [6.45, 7) is 2.75. The smallest absolute Gasteiger partial charge is 0.326 e. The molecule has 0 aliphatic rings. The van der Waals surface area contributed by atoms with Crippen LogP contribution in [0.5, 0.6) is 0 Å². The molecule has 0 aliphatic carbocycles. The Morgan fingerprint density at radius 2 is 1.30 bits per heavy atom. The van der Waals surface area contributed by atoms with Gasteiger partial charge in [0, 0.05) is 5.92 Å². The van der Waals surface area contributed by atoms with Crippen LogP contribution < -0.4 is 10.6 Å². The molecule has 0 fully saturated rings. The van der Waals surface area contributed by atoms with Crippen molar-refractivity contribution in [1.82, 2.24) is 10.6 Å². The van der Waals surface area contributed by atoms with Crippen LogP contribution >= 0.6 is 0 Å². The Morgan fingerprint density at radius 3 is 1.65 bits per heavy atom. The highest BCUT2D eigenvalue weighted by molar-refractivity contribution is 5.86. The Balaban J connectivity index is 4.78. The Labute approximate surface area is 131 Å². The number of rotatable bonds is 10. The van der Waals surface area contributed by atoms with E-state index in [0.29, 0.717) is 6.29 Å². The molecule has 0 bridgehead atoms. The topological polar surface area (TPSA) is 170 Å². The number of amides is 2. The highest BCUT2D eigenvalue weighted by atomic mass is 16.4. The summed E-state index contributed by atoms with van der Waals surface area (Å²) in [7, 11) is 0. The molecule has 0 saturated carbocycles. The summed E-state index contributed by atoms with van der Waals surface area (Å²) in [5.41, 5.74) is 0. The van der Waals surface area contributed by atoms with Crippen LogP contribution in [-0.4, -0.2) is 57.6 Å². The third kappa shape index (κ3) is 7.79. The number of carboxylic acids is 3. The number of carbonyl (C=O) groups is 5. The average Bonchev–Trinajstić information content (AvgIpc) is 2.44. The van der Waals surface area contributed by atoms with Gasteiger partial charge in [-0.25, -0.2) is 14.4 Å². The monoisotopic (exact) mass is 332 g/mol. The number of urea groups is 1.